The molecule has 1 amide bonds. The molecule has 2 aliphatic carbocycles. The van der Waals surface area contributed by atoms with E-state index in [1.165, 1.54) is 22.7 Å². The molecule has 174 valence electrons. The van der Waals surface area contributed by atoms with Gasteiger partial charge in [0.05, 0.1) is 5.69 Å². The quantitative estimate of drug-likeness (QED) is 0.444. The predicted octanol–water partition coefficient (Wildman–Crippen LogP) is 6.78. The highest BCUT2D eigenvalue weighted by molar-refractivity contribution is 7.18. The van der Waals surface area contributed by atoms with Gasteiger partial charge in [-0.05, 0) is 43.6 Å². The molecule has 6 nitrogen and oxygen atoms in total. The average molecular weight is 485 g/mol. The minimum Gasteiger partial charge on any atom is -0.450 e. The highest BCUT2D eigenvalue weighted by Gasteiger charge is 2.38. The summed E-state index contributed by atoms with van der Waals surface area (Å²) >= 11 is 2.82. The SMILES string of the molecule is CC(C)c1csc(-c2c(NC(=O)C3=CCCCC3)sc3c2CCC(F)(F)C3)n1.O=C(O)O. The van der Waals surface area contributed by atoms with E-state index in [4.69, 9.17) is 20.0 Å². The number of fused-ring (bicyclic) bond motifs is 1. The summed E-state index contributed by atoms with van der Waals surface area (Å²) in [5.41, 5.74) is 3.59. The molecule has 0 saturated carbocycles. The van der Waals surface area contributed by atoms with Gasteiger partial charge in [0, 0.05) is 34.2 Å². The molecular formula is C22H26F2N2O4S2. The third kappa shape index (κ3) is 5.92. The van der Waals surface area contributed by atoms with Crippen molar-refractivity contribution in [3.8, 4) is 10.6 Å². The third-order valence-electron chi connectivity index (χ3n) is 5.39. The molecule has 2 aromatic rings. The van der Waals surface area contributed by atoms with Crippen molar-refractivity contribution < 1.29 is 28.6 Å². The van der Waals surface area contributed by atoms with Crippen molar-refractivity contribution in [2.24, 2.45) is 0 Å². The minimum atomic E-state index is -2.67. The molecule has 0 radical (unpaired) electrons. The number of amides is 1. The summed E-state index contributed by atoms with van der Waals surface area (Å²) < 4.78 is 28.0. The minimum absolute atomic E-state index is 0.105. The van der Waals surface area contributed by atoms with Crippen LogP contribution in [-0.4, -0.2) is 33.2 Å². The normalized spacial score (nSPS) is 17.1. The Balaban J connectivity index is 0.000000668. The zero-order valence-electron chi connectivity index (χ0n) is 17.9. The van der Waals surface area contributed by atoms with Gasteiger partial charge in [0.25, 0.3) is 11.8 Å². The van der Waals surface area contributed by atoms with Gasteiger partial charge in [0.1, 0.15) is 10.0 Å². The van der Waals surface area contributed by atoms with Gasteiger partial charge in [0.15, 0.2) is 0 Å². The summed E-state index contributed by atoms with van der Waals surface area (Å²) in [5.74, 6) is -2.48. The number of halogens is 2. The van der Waals surface area contributed by atoms with Gasteiger partial charge in [-0.1, -0.05) is 19.9 Å². The summed E-state index contributed by atoms with van der Waals surface area (Å²) in [6, 6.07) is 0. The van der Waals surface area contributed by atoms with E-state index in [0.29, 0.717) is 22.2 Å². The van der Waals surface area contributed by atoms with Gasteiger partial charge >= 0.3 is 6.16 Å². The lowest BCUT2D eigenvalue weighted by molar-refractivity contribution is -0.113. The van der Waals surface area contributed by atoms with Crippen LogP contribution >= 0.6 is 22.7 Å². The summed E-state index contributed by atoms with van der Waals surface area (Å²) in [6.07, 6.45) is 3.92. The molecule has 2 aliphatic rings. The van der Waals surface area contributed by atoms with E-state index < -0.39 is 12.1 Å². The van der Waals surface area contributed by atoms with E-state index in [-0.39, 0.29) is 18.7 Å². The highest BCUT2D eigenvalue weighted by Crippen LogP contribution is 2.48. The summed E-state index contributed by atoms with van der Waals surface area (Å²) in [6.45, 7) is 4.17. The molecule has 0 bridgehead atoms. The Hall–Kier alpha value is -2.33. The number of alkyl halides is 2. The molecule has 4 rings (SSSR count). The largest absolute Gasteiger partial charge is 0.503 e. The number of nitrogens with zero attached hydrogens (tertiary/aromatic N) is 1. The smallest absolute Gasteiger partial charge is 0.450 e. The van der Waals surface area contributed by atoms with Crippen molar-refractivity contribution in [1.29, 1.82) is 0 Å². The van der Waals surface area contributed by atoms with Crippen LogP contribution in [0.3, 0.4) is 0 Å². The second-order valence-corrected chi connectivity index (χ2v) is 10.1. The fourth-order valence-electron chi connectivity index (χ4n) is 3.76. The first-order chi connectivity index (χ1) is 15.1. The monoisotopic (exact) mass is 484 g/mol. The molecule has 2 aromatic heterocycles. The Labute approximate surface area is 193 Å². The highest BCUT2D eigenvalue weighted by atomic mass is 32.1. The summed E-state index contributed by atoms with van der Waals surface area (Å²) in [5, 5.41) is 20.5. The topological polar surface area (TPSA) is 99.5 Å². The number of carbonyl (C=O) groups is 2. The maximum atomic E-state index is 14.0. The molecule has 32 heavy (non-hydrogen) atoms. The molecule has 0 unspecified atom stereocenters. The Bertz CT molecular complexity index is 1020. The van der Waals surface area contributed by atoms with Crippen molar-refractivity contribution in [3.63, 3.8) is 0 Å². The Morgan fingerprint density at radius 1 is 1.22 bits per heavy atom. The number of allylic oxidation sites excluding steroid dienone is 1. The van der Waals surface area contributed by atoms with Gasteiger partial charge in [-0.2, -0.15) is 0 Å². The molecular weight excluding hydrogens is 458 g/mol. The summed E-state index contributed by atoms with van der Waals surface area (Å²) in [4.78, 5) is 26.8. The molecule has 0 fully saturated rings. The van der Waals surface area contributed by atoms with E-state index >= 15 is 0 Å². The number of anilines is 1. The number of hydrogen-bond acceptors (Lipinski definition) is 5. The molecule has 0 aromatic carbocycles. The Kier molecular flexibility index (Phi) is 7.66. The number of thiophene rings is 1. The van der Waals surface area contributed by atoms with E-state index in [2.05, 4.69) is 19.2 Å². The second kappa shape index (κ2) is 10.1. The van der Waals surface area contributed by atoms with Crippen molar-refractivity contribution >= 4 is 39.7 Å². The van der Waals surface area contributed by atoms with Crippen LogP contribution in [0, 0.1) is 0 Å². The number of nitrogens with one attached hydrogen (secondary N) is 1. The van der Waals surface area contributed by atoms with E-state index in [1.54, 1.807) is 0 Å². The van der Waals surface area contributed by atoms with Crippen LogP contribution in [-0.2, 0) is 17.6 Å². The molecule has 0 saturated heterocycles. The molecule has 0 atom stereocenters. The number of carbonyl (C=O) groups excluding carboxylic acids is 1. The van der Waals surface area contributed by atoms with Gasteiger partial charge in [-0.25, -0.2) is 18.6 Å². The van der Waals surface area contributed by atoms with Crippen LogP contribution in [0.2, 0.25) is 0 Å². The number of thiazole rings is 1. The van der Waals surface area contributed by atoms with Crippen LogP contribution in [0.5, 0.6) is 0 Å². The van der Waals surface area contributed by atoms with Crippen molar-refractivity contribution in [3.05, 3.63) is 33.2 Å². The molecule has 0 spiro atoms. The summed E-state index contributed by atoms with van der Waals surface area (Å²) in [7, 11) is 0. The fraction of sp³-hybridized carbons (Fsp3) is 0.500. The first-order valence-electron chi connectivity index (χ1n) is 10.5. The first-order valence-corrected chi connectivity index (χ1v) is 12.2. The lowest BCUT2D eigenvalue weighted by atomic mass is 9.93. The fourth-order valence-corrected chi connectivity index (χ4v) is 6.20. The van der Waals surface area contributed by atoms with Crippen LogP contribution in [0.4, 0.5) is 18.6 Å². The van der Waals surface area contributed by atoms with Gasteiger partial charge in [-0.15, -0.1) is 22.7 Å². The van der Waals surface area contributed by atoms with Gasteiger partial charge in [0.2, 0.25) is 0 Å². The number of carboxylic acid groups (broad SMARTS) is 2. The molecule has 10 heteroatoms. The van der Waals surface area contributed by atoms with Crippen LogP contribution in [0.25, 0.3) is 10.6 Å². The van der Waals surface area contributed by atoms with Crippen molar-refractivity contribution in [2.45, 2.75) is 70.6 Å². The number of aromatic nitrogens is 1. The van der Waals surface area contributed by atoms with E-state index in [9.17, 15) is 13.6 Å². The van der Waals surface area contributed by atoms with Gasteiger partial charge in [-0.3, -0.25) is 4.79 Å². The van der Waals surface area contributed by atoms with Crippen LogP contribution < -0.4 is 5.32 Å². The number of rotatable bonds is 4. The lowest BCUT2D eigenvalue weighted by Gasteiger charge is -2.21. The van der Waals surface area contributed by atoms with Gasteiger partial charge < -0.3 is 15.5 Å². The predicted molar refractivity (Wildman–Crippen MR) is 122 cm³/mol. The zero-order valence-corrected chi connectivity index (χ0v) is 19.5. The van der Waals surface area contributed by atoms with Crippen LogP contribution in [0.1, 0.15) is 68.0 Å². The zero-order chi connectivity index (χ0) is 23.5. The number of hydrogen-bond donors (Lipinski definition) is 3. The maximum Gasteiger partial charge on any atom is 0.503 e. The Morgan fingerprint density at radius 3 is 2.53 bits per heavy atom. The molecule has 0 aliphatic heterocycles. The second-order valence-electron chi connectivity index (χ2n) is 8.18. The third-order valence-corrected chi connectivity index (χ3v) is 7.41. The Morgan fingerprint density at radius 2 is 1.94 bits per heavy atom. The van der Waals surface area contributed by atoms with Crippen molar-refractivity contribution in [1.82, 2.24) is 4.98 Å². The van der Waals surface area contributed by atoms with E-state index in [0.717, 1.165) is 53.1 Å². The van der Waals surface area contributed by atoms with Crippen molar-refractivity contribution in [2.75, 3.05) is 5.32 Å². The van der Waals surface area contributed by atoms with Crippen LogP contribution in [0.15, 0.2) is 17.0 Å². The lowest BCUT2D eigenvalue weighted by Crippen LogP contribution is -2.24. The molecule has 3 N–H and O–H groups in total. The standard InChI is InChI=1S/C21H24F2N2OS2.CH2O3/c1-12(2)15-11-27-19(24-15)17-14-8-9-21(22,23)10-16(14)28-20(17)25-18(26)13-6-4-3-5-7-13;2-1(3)4/h6,11-12H,3-5,7-10H2,1-2H3,(H,25,26);(H2,2,3,4). The van der Waals surface area contributed by atoms with E-state index in [1.807, 2.05) is 11.5 Å². The first kappa shape index (κ1) is 24.3. The average Bonchev–Trinajstić information content (AvgIpc) is 3.31. The maximum absolute atomic E-state index is 14.0. The molecule has 2 heterocycles.